The fourth-order valence-electron chi connectivity index (χ4n) is 3.61. The van der Waals surface area contributed by atoms with Crippen LogP contribution in [0.15, 0.2) is 35.7 Å². The minimum Gasteiger partial charge on any atom is -0.330 e. The molecule has 0 spiro atoms. The lowest BCUT2D eigenvalue weighted by Crippen LogP contribution is -2.49. The van der Waals surface area contributed by atoms with E-state index in [4.69, 9.17) is 11.6 Å². The maximum Gasteiger partial charge on any atom is 0.243 e. The topological polar surface area (TPSA) is 40.6 Å². The SMILES string of the molecule is CC[C@@H](C)N(CC(=O)N1CCc2sccc2[C@H]1c1ccc(F)cc1)C(=O)CCl. The normalized spacial score (nSPS) is 17.1. The molecule has 2 aromatic rings. The molecule has 0 aliphatic carbocycles. The molecule has 2 heterocycles. The summed E-state index contributed by atoms with van der Waals surface area (Å²) in [7, 11) is 0. The summed E-state index contributed by atoms with van der Waals surface area (Å²) in [6, 6.07) is 7.98. The van der Waals surface area contributed by atoms with Crippen LogP contribution in [0.25, 0.3) is 0 Å². The molecule has 1 aromatic heterocycles. The van der Waals surface area contributed by atoms with Crippen molar-refractivity contribution in [1.29, 1.82) is 0 Å². The molecule has 0 bridgehead atoms. The Balaban J connectivity index is 1.91. The molecule has 1 aliphatic heterocycles. The number of rotatable bonds is 6. The van der Waals surface area contributed by atoms with E-state index in [2.05, 4.69) is 0 Å². The van der Waals surface area contributed by atoms with Crippen LogP contribution in [0.2, 0.25) is 0 Å². The highest BCUT2D eigenvalue weighted by molar-refractivity contribution is 7.10. The molecule has 0 saturated carbocycles. The molecule has 2 amide bonds. The Labute approximate surface area is 173 Å². The number of fused-ring (bicyclic) bond motifs is 1. The first kappa shape index (κ1) is 20.8. The van der Waals surface area contributed by atoms with Crippen LogP contribution in [-0.4, -0.2) is 46.6 Å². The van der Waals surface area contributed by atoms with Gasteiger partial charge in [0.25, 0.3) is 0 Å². The van der Waals surface area contributed by atoms with Crippen molar-refractivity contribution in [1.82, 2.24) is 9.80 Å². The van der Waals surface area contributed by atoms with Gasteiger partial charge in [0.05, 0.1) is 6.04 Å². The summed E-state index contributed by atoms with van der Waals surface area (Å²) in [5.74, 6) is -0.812. The predicted molar refractivity (Wildman–Crippen MR) is 110 cm³/mol. The van der Waals surface area contributed by atoms with Gasteiger partial charge in [-0.05, 0) is 54.5 Å². The van der Waals surface area contributed by atoms with Crippen molar-refractivity contribution in [3.63, 3.8) is 0 Å². The highest BCUT2D eigenvalue weighted by Gasteiger charge is 2.34. The second-order valence-corrected chi connectivity index (χ2v) is 8.27. The van der Waals surface area contributed by atoms with Crippen LogP contribution in [0.4, 0.5) is 4.39 Å². The minimum absolute atomic E-state index is 0.00226. The van der Waals surface area contributed by atoms with Gasteiger partial charge in [0, 0.05) is 17.5 Å². The Bertz CT molecular complexity index is 839. The zero-order valence-electron chi connectivity index (χ0n) is 16.0. The Morgan fingerprint density at radius 3 is 2.68 bits per heavy atom. The first-order valence-electron chi connectivity index (χ1n) is 9.42. The molecule has 7 heteroatoms. The summed E-state index contributed by atoms with van der Waals surface area (Å²) in [5, 5.41) is 2.03. The maximum absolute atomic E-state index is 13.4. The van der Waals surface area contributed by atoms with Crippen LogP contribution in [-0.2, 0) is 16.0 Å². The van der Waals surface area contributed by atoms with Gasteiger partial charge in [-0.1, -0.05) is 19.1 Å². The van der Waals surface area contributed by atoms with E-state index < -0.39 is 0 Å². The molecule has 0 fully saturated rings. The van der Waals surface area contributed by atoms with Gasteiger partial charge in [0.1, 0.15) is 18.2 Å². The van der Waals surface area contributed by atoms with Crippen molar-refractivity contribution in [3.8, 4) is 0 Å². The van der Waals surface area contributed by atoms with E-state index in [9.17, 15) is 14.0 Å². The number of thiophene rings is 1. The Hall–Kier alpha value is -1.92. The Morgan fingerprint density at radius 2 is 2.04 bits per heavy atom. The molecule has 0 saturated heterocycles. The van der Waals surface area contributed by atoms with Crippen LogP contribution in [0, 0.1) is 5.82 Å². The monoisotopic (exact) mass is 422 g/mol. The molecule has 28 heavy (non-hydrogen) atoms. The summed E-state index contributed by atoms with van der Waals surface area (Å²) >= 11 is 7.44. The van der Waals surface area contributed by atoms with Crippen LogP contribution < -0.4 is 0 Å². The van der Waals surface area contributed by atoms with Gasteiger partial charge in [-0.25, -0.2) is 4.39 Å². The van der Waals surface area contributed by atoms with Crippen LogP contribution >= 0.6 is 22.9 Å². The minimum atomic E-state index is -0.307. The number of benzene rings is 1. The molecule has 1 aromatic carbocycles. The fourth-order valence-corrected chi connectivity index (χ4v) is 4.67. The van der Waals surface area contributed by atoms with Gasteiger partial charge in [0.15, 0.2) is 0 Å². The average molecular weight is 423 g/mol. The number of alkyl halides is 1. The summed E-state index contributed by atoms with van der Waals surface area (Å²) < 4.78 is 13.4. The van der Waals surface area contributed by atoms with Crippen LogP contribution in [0.1, 0.15) is 42.3 Å². The van der Waals surface area contributed by atoms with Crippen molar-refractivity contribution in [2.45, 2.75) is 38.8 Å². The van der Waals surface area contributed by atoms with Crippen molar-refractivity contribution in [2.24, 2.45) is 0 Å². The number of hydrogen-bond acceptors (Lipinski definition) is 3. The van der Waals surface area contributed by atoms with Crippen molar-refractivity contribution >= 4 is 34.8 Å². The van der Waals surface area contributed by atoms with E-state index in [0.717, 1.165) is 24.0 Å². The molecule has 150 valence electrons. The number of carbonyl (C=O) groups excluding carboxylic acids is 2. The molecule has 1 aliphatic rings. The van der Waals surface area contributed by atoms with Gasteiger partial charge in [0.2, 0.25) is 11.8 Å². The standard InChI is InChI=1S/C21H24ClFN2O2S/c1-3-14(2)25(19(26)12-22)13-20(27)24-10-8-18-17(9-11-28-18)21(24)15-4-6-16(23)7-5-15/h4-7,9,11,14,21H,3,8,10,12-13H2,1-2H3/t14-,21-/m1/s1. The molecular formula is C21H24ClFN2O2S. The summed E-state index contributed by atoms with van der Waals surface area (Å²) in [6.07, 6.45) is 1.52. The van der Waals surface area contributed by atoms with E-state index in [1.165, 1.54) is 17.0 Å². The molecular weight excluding hydrogens is 399 g/mol. The summed E-state index contributed by atoms with van der Waals surface area (Å²) in [4.78, 5) is 30.1. The second-order valence-electron chi connectivity index (χ2n) is 7.00. The van der Waals surface area contributed by atoms with Gasteiger partial charge in [-0.2, -0.15) is 0 Å². The van der Waals surface area contributed by atoms with E-state index in [1.807, 2.05) is 25.3 Å². The quantitative estimate of drug-likeness (QED) is 0.654. The molecule has 0 N–H and O–H groups in total. The van der Waals surface area contributed by atoms with Gasteiger partial charge >= 0.3 is 0 Å². The van der Waals surface area contributed by atoms with Gasteiger partial charge in [-0.3, -0.25) is 9.59 Å². The third-order valence-corrected chi connectivity index (χ3v) is 6.56. The van der Waals surface area contributed by atoms with Crippen molar-refractivity contribution < 1.29 is 14.0 Å². The third kappa shape index (κ3) is 4.23. The maximum atomic E-state index is 13.4. The average Bonchev–Trinajstić information content (AvgIpc) is 3.19. The number of hydrogen-bond donors (Lipinski definition) is 0. The highest BCUT2D eigenvalue weighted by Crippen LogP contribution is 2.38. The van der Waals surface area contributed by atoms with E-state index in [-0.39, 0.29) is 42.1 Å². The number of nitrogens with zero attached hydrogens (tertiary/aromatic N) is 2. The number of halogens is 2. The lowest BCUT2D eigenvalue weighted by molar-refractivity contribution is -0.142. The third-order valence-electron chi connectivity index (χ3n) is 5.34. The lowest BCUT2D eigenvalue weighted by Gasteiger charge is -2.38. The summed E-state index contributed by atoms with van der Waals surface area (Å²) in [6.45, 7) is 4.46. The Kier molecular flexibility index (Phi) is 6.73. The van der Waals surface area contributed by atoms with Crippen molar-refractivity contribution in [2.75, 3.05) is 19.0 Å². The van der Waals surface area contributed by atoms with E-state index in [0.29, 0.717) is 6.54 Å². The molecule has 0 unspecified atom stereocenters. The second kappa shape index (κ2) is 9.05. The zero-order chi connectivity index (χ0) is 20.3. The fraction of sp³-hybridized carbons (Fsp3) is 0.429. The van der Waals surface area contributed by atoms with Gasteiger partial charge < -0.3 is 9.80 Å². The van der Waals surface area contributed by atoms with Crippen molar-refractivity contribution in [3.05, 3.63) is 57.5 Å². The zero-order valence-corrected chi connectivity index (χ0v) is 17.6. The lowest BCUT2D eigenvalue weighted by atomic mass is 9.93. The van der Waals surface area contributed by atoms with E-state index in [1.54, 1.807) is 33.3 Å². The number of amides is 2. The van der Waals surface area contributed by atoms with Crippen LogP contribution in [0.5, 0.6) is 0 Å². The first-order chi connectivity index (χ1) is 13.5. The predicted octanol–water partition coefficient (Wildman–Crippen LogP) is 4.23. The van der Waals surface area contributed by atoms with Gasteiger partial charge in [-0.15, -0.1) is 22.9 Å². The first-order valence-corrected chi connectivity index (χ1v) is 10.8. The summed E-state index contributed by atoms with van der Waals surface area (Å²) in [5.41, 5.74) is 1.95. The Morgan fingerprint density at radius 1 is 1.32 bits per heavy atom. The molecule has 2 atom stereocenters. The van der Waals surface area contributed by atoms with E-state index >= 15 is 0 Å². The molecule has 0 radical (unpaired) electrons. The molecule has 3 rings (SSSR count). The largest absolute Gasteiger partial charge is 0.330 e. The molecule has 4 nitrogen and oxygen atoms in total. The highest BCUT2D eigenvalue weighted by atomic mass is 35.5. The smallest absolute Gasteiger partial charge is 0.243 e. The van der Waals surface area contributed by atoms with Crippen LogP contribution in [0.3, 0.4) is 0 Å². The number of carbonyl (C=O) groups is 2.